The number of rotatable bonds is 4. The number of hydrogen-bond donors (Lipinski definition) is 0. The van der Waals surface area contributed by atoms with Crippen LogP contribution in [0.3, 0.4) is 0 Å². The molecule has 0 bridgehead atoms. The summed E-state index contributed by atoms with van der Waals surface area (Å²) in [5.74, 6) is 2.25. The Morgan fingerprint density at radius 3 is 2.89 bits per heavy atom. The zero-order valence-electron chi connectivity index (χ0n) is 16.5. The molecule has 0 saturated carbocycles. The first-order valence-corrected chi connectivity index (χ1v) is 10.4. The molecule has 2 aromatic rings. The van der Waals surface area contributed by atoms with Crippen molar-refractivity contribution in [3.05, 3.63) is 24.0 Å². The molecule has 2 saturated heterocycles. The summed E-state index contributed by atoms with van der Waals surface area (Å²) in [5, 5.41) is 13.5. The Kier molecular flexibility index (Phi) is 4.54. The Labute approximate surface area is 164 Å². The Hall–Kier alpha value is -2.42. The van der Waals surface area contributed by atoms with Crippen LogP contribution in [0, 0.1) is 0 Å². The third kappa shape index (κ3) is 3.17. The van der Waals surface area contributed by atoms with Gasteiger partial charge in [-0.25, -0.2) is 4.79 Å². The number of nitrogens with zero attached hydrogens (tertiary/aromatic N) is 8. The molecule has 1 atom stereocenters. The zero-order chi connectivity index (χ0) is 19.1. The van der Waals surface area contributed by atoms with Crippen LogP contribution in [0.5, 0.6) is 0 Å². The number of carbonyl (C=O) groups is 1. The van der Waals surface area contributed by atoms with Crippen molar-refractivity contribution in [1.29, 1.82) is 0 Å². The van der Waals surface area contributed by atoms with Crippen LogP contribution in [-0.2, 0) is 19.5 Å². The van der Waals surface area contributed by atoms with Crippen LogP contribution in [0.4, 0.5) is 10.5 Å². The molecule has 0 aliphatic carbocycles. The van der Waals surface area contributed by atoms with E-state index in [1.54, 1.807) is 4.90 Å². The minimum atomic E-state index is 0.0556. The summed E-state index contributed by atoms with van der Waals surface area (Å²) in [5.41, 5.74) is 0.899. The number of fused-ring (bicyclic) bond motifs is 1. The summed E-state index contributed by atoms with van der Waals surface area (Å²) in [6, 6.07) is 0.399. The molecule has 28 heavy (non-hydrogen) atoms. The number of amides is 2. The normalized spacial score (nSPS) is 23.5. The van der Waals surface area contributed by atoms with Crippen LogP contribution in [0.2, 0.25) is 0 Å². The third-order valence-electron chi connectivity index (χ3n) is 6.29. The molecule has 9 heteroatoms. The number of anilines is 1. The highest BCUT2D eigenvalue weighted by Gasteiger charge is 2.30. The summed E-state index contributed by atoms with van der Waals surface area (Å²) in [7, 11) is 1.84. The smallest absolute Gasteiger partial charge is 0.324 e. The summed E-state index contributed by atoms with van der Waals surface area (Å²) in [6.45, 7) is 5.40. The van der Waals surface area contributed by atoms with E-state index in [0.717, 1.165) is 69.4 Å². The van der Waals surface area contributed by atoms with Crippen molar-refractivity contribution >= 4 is 11.7 Å². The molecule has 0 aromatic carbocycles. The maximum atomic E-state index is 12.2. The van der Waals surface area contributed by atoms with Crippen LogP contribution < -0.4 is 4.90 Å². The fourth-order valence-corrected chi connectivity index (χ4v) is 4.59. The van der Waals surface area contributed by atoms with Gasteiger partial charge in [0.25, 0.3) is 0 Å². The van der Waals surface area contributed by atoms with Gasteiger partial charge in [0.15, 0.2) is 0 Å². The van der Waals surface area contributed by atoms with Gasteiger partial charge in [-0.1, -0.05) is 6.42 Å². The van der Waals surface area contributed by atoms with Crippen LogP contribution in [0.25, 0.3) is 0 Å². The lowest BCUT2D eigenvalue weighted by molar-refractivity contribution is 0.229. The van der Waals surface area contributed by atoms with Gasteiger partial charge in [-0.05, 0) is 19.3 Å². The minimum absolute atomic E-state index is 0.0556. The van der Waals surface area contributed by atoms with Gasteiger partial charge >= 0.3 is 6.03 Å². The molecule has 5 heterocycles. The Balaban J connectivity index is 1.23. The molecule has 5 rings (SSSR count). The number of likely N-dealkylation sites (N-methyl/N-ethyl adjacent to an activating group) is 1. The van der Waals surface area contributed by atoms with Crippen molar-refractivity contribution in [2.75, 3.05) is 38.1 Å². The number of urea groups is 1. The van der Waals surface area contributed by atoms with E-state index in [-0.39, 0.29) is 6.03 Å². The average Bonchev–Trinajstić information content (AvgIpc) is 3.45. The molecule has 9 nitrogen and oxygen atoms in total. The number of aryl methyl sites for hydroxylation is 1. The van der Waals surface area contributed by atoms with Gasteiger partial charge in [0.05, 0.1) is 24.5 Å². The molecular weight excluding hydrogens is 356 g/mol. The monoisotopic (exact) mass is 384 g/mol. The van der Waals surface area contributed by atoms with E-state index >= 15 is 0 Å². The molecule has 2 amide bonds. The standard InChI is InChI=1S/C19H28N8O/c1-23-9-10-25(19(23)28)16-11-20-27(13-16)15-6-8-24(12-15)14-18-22-21-17-5-3-2-4-7-26(17)18/h11,13,15H,2-10,12,14H2,1H3. The number of aromatic nitrogens is 5. The van der Waals surface area contributed by atoms with Crippen molar-refractivity contribution in [2.24, 2.45) is 0 Å². The van der Waals surface area contributed by atoms with Crippen molar-refractivity contribution < 1.29 is 4.79 Å². The quantitative estimate of drug-likeness (QED) is 0.799. The summed E-state index contributed by atoms with van der Waals surface area (Å²) < 4.78 is 4.37. The highest BCUT2D eigenvalue weighted by Crippen LogP contribution is 2.26. The predicted octanol–water partition coefficient (Wildman–Crippen LogP) is 1.52. The molecular formula is C19H28N8O. The van der Waals surface area contributed by atoms with E-state index in [4.69, 9.17) is 0 Å². The van der Waals surface area contributed by atoms with E-state index in [1.165, 1.54) is 19.3 Å². The molecule has 0 radical (unpaired) electrons. The third-order valence-corrected chi connectivity index (χ3v) is 6.29. The summed E-state index contributed by atoms with van der Waals surface area (Å²) in [4.78, 5) is 18.2. The van der Waals surface area contributed by atoms with Crippen molar-refractivity contribution in [1.82, 2.24) is 34.3 Å². The van der Waals surface area contributed by atoms with E-state index in [1.807, 2.05) is 29.0 Å². The lowest BCUT2D eigenvalue weighted by Crippen LogP contribution is -2.28. The molecule has 3 aliphatic heterocycles. The Morgan fingerprint density at radius 2 is 2.04 bits per heavy atom. The van der Waals surface area contributed by atoms with Gasteiger partial charge < -0.3 is 9.47 Å². The van der Waals surface area contributed by atoms with Crippen molar-refractivity contribution in [3.8, 4) is 0 Å². The fraction of sp³-hybridized carbons (Fsp3) is 0.684. The number of carbonyl (C=O) groups excluding carboxylic acids is 1. The second-order valence-electron chi connectivity index (χ2n) is 8.21. The molecule has 3 aliphatic rings. The Bertz CT molecular complexity index is 858. The van der Waals surface area contributed by atoms with Crippen LogP contribution in [-0.4, -0.2) is 73.6 Å². The van der Waals surface area contributed by atoms with E-state index in [2.05, 4.69) is 24.8 Å². The zero-order valence-corrected chi connectivity index (χ0v) is 16.5. The molecule has 0 spiro atoms. The minimum Gasteiger partial charge on any atom is -0.326 e. The first-order chi connectivity index (χ1) is 13.7. The second-order valence-corrected chi connectivity index (χ2v) is 8.21. The highest BCUT2D eigenvalue weighted by molar-refractivity contribution is 5.93. The lowest BCUT2D eigenvalue weighted by Gasteiger charge is -2.17. The van der Waals surface area contributed by atoms with Gasteiger partial charge in [-0.3, -0.25) is 14.5 Å². The topological polar surface area (TPSA) is 75.3 Å². The van der Waals surface area contributed by atoms with Gasteiger partial charge in [-0.15, -0.1) is 10.2 Å². The van der Waals surface area contributed by atoms with Crippen LogP contribution in [0.1, 0.15) is 43.4 Å². The SMILES string of the molecule is CN1CCN(c2cnn(C3CCN(Cc4nnc5n4CCCCC5)C3)c2)C1=O. The summed E-state index contributed by atoms with van der Waals surface area (Å²) in [6.07, 6.45) is 9.69. The summed E-state index contributed by atoms with van der Waals surface area (Å²) >= 11 is 0. The van der Waals surface area contributed by atoms with E-state index in [0.29, 0.717) is 6.04 Å². The van der Waals surface area contributed by atoms with Crippen LogP contribution in [0.15, 0.2) is 12.4 Å². The van der Waals surface area contributed by atoms with Crippen LogP contribution >= 0.6 is 0 Å². The average molecular weight is 384 g/mol. The lowest BCUT2D eigenvalue weighted by atomic mass is 10.2. The maximum absolute atomic E-state index is 12.2. The van der Waals surface area contributed by atoms with E-state index < -0.39 is 0 Å². The number of hydrogen-bond acceptors (Lipinski definition) is 5. The first kappa shape index (κ1) is 17.7. The van der Waals surface area contributed by atoms with Gasteiger partial charge in [0, 0.05) is 52.4 Å². The second kappa shape index (κ2) is 7.20. The molecule has 2 aromatic heterocycles. The van der Waals surface area contributed by atoms with Gasteiger partial charge in [0.1, 0.15) is 11.6 Å². The predicted molar refractivity (Wildman–Crippen MR) is 104 cm³/mol. The molecule has 1 unspecified atom stereocenters. The fourth-order valence-electron chi connectivity index (χ4n) is 4.59. The number of likely N-dealkylation sites (tertiary alicyclic amines) is 1. The Morgan fingerprint density at radius 1 is 1.11 bits per heavy atom. The van der Waals surface area contributed by atoms with Crippen molar-refractivity contribution in [2.45, 2.75) is 51.2 Å². The molecule has 0 N–H and O–H groups in total. The largest absolute Gasteiger partial charge is 0.326 e. The van der Waals surface area contributed by atoms with Crippen molar-refractivity contribution in [3.63, 3.8) is 0 Å². The highest BCUT2D eigenvalue weighted by atomic mass is 16.2. The van der Waals surface area contributed by atoms with Gasteiger partial charge in [-0.2, -0.15) is 5.10 Å². The maximum Gasteiger partial charge on any atom is 0.324 e. The van der Waals surface area contributed by atoms with E-state index in [9.17, 15) is 4.79 Å². The van der Waals surface area contributed by atoms with Gasteiger partial charge in [0.2, 0.25) is 0 Å². The molecule has 2 fully saturated rings. The molecule has 150 valence electrons. The first-order valence-electron chi connectivity index (χ1n) is 10.4.